The minimum absolute atomic E-state index is 0.124. The van der Waals surface area contributed by atoms with E-state index in [0.717, 1.165) is 43.4 Å². The molecular formula is C11H13FN4O2. The Labute approximate surface area is 103 Å². The van der Waals surface area contributed by atoms with E-state index in [2.05, 4.69) is 9.97 Å². The van der Waals surface area contributed by atoms with Gasteiger partial charge in [0.2, 0.25) is 5.82 Å². The lowest BCUT2D eigenvalue weighted by Crippen LogP contribution is -2.34. The molecule has 96 valence electrons. The summed E-state index contributed by atoms with van der Waals surface area (Å²) in [6.07, 6.45) is 5.56. The topological polar surface area (TPSA) is 75.2 Å². The molecule has 0 atom stereocenters. The van der Waals surface area contributed by atoms with E-state index in [0.29, 0.717) is 0 Å². The van der Waals surface area contributed by atoms with Crippen molar-refractivity contribution in [2.45, 2.75) is 12.8 Å². The maximum atomic E-state index is 11.9. The summed E-state index contributed by atoms with van der Waals surface area (Å²) in [5.41, 5.74) is 1.75. The van der Waals surface area contributed by atoms with Crippen LogP contribution in [0, 0.1) is 5.92 Å². The number of hydrogen-bond acceptors (Lipinski definition) is 5. The first-order valence-electron chi connectivity index (χ1n) is 5.68. The number of nitrogens with one attached hydrogen (secondary N) is 1. The fourth-order valence-corrected chi connectivity index (χ4v) is 1.94. The quantitative estimate of drug-likeness (QED) is 0.626. The van der Waals surface area contributed by atoms with Crippen LogP contribution in [0.15, 0.2) is 12.4 Å². The van der Waals surface area contributed by atoms with Crippen molar-refractivity contribution in [2.24, 2.45) is 5.92 Å². The van der Waals surface area contributed by atoms with E-state index < -0.39 is 5.91 Å². The zero-order valence-corrected chi connectivity index (χ0v) is 9.67. The summed E-state index contributed by atoms with van der Waals surface area (Å²) in [5.74, 6) is -1.04. The zero-order valence-electron chi connectivity index (χ0n) is 9.67. The van der Waals surface area contributed by atoms with Gasteiger partial charge in [-0.2, -0.15) is 5.54 Å². The number of piperidine rings is 1. The fourth-order valence-electron chi connectivity index (χ4n) is 1.94. The minimum atomic E-state index is -0.957. The number of rotatable bonds is 3. The van der Waals surface area contributed by atoms with Crippen LogP contribution in [0.2, 0.25) is 0 Å². The van der Waals surface area contributed by atoms with Crippen LogP contribution in [0.25, 0.3) is 0 Å². The zero-order chi connectivity index (χ0) is 13.0. The van der Waals surface area contributed by atoms with E-state index in [4.69, 9.17) is 0 Å². The van der Waals surface area contributed by atoms with Crippen molar-refractivity contribution < 1.29 is 14.1 Å². The third kappa shape index (κ3) is 2.61. The lowest BCUT2D eigenvalue weighted by atomic mass is 9.98. The van der Waals surface area contributed by atoms with Gasteiger partial charge in [0.25, 0.3) is 0 Å². The predicted octanol–water partition coefficient (Wildman–Crippen LogP) is 0.506. The van der Waals surface area contributed by atoms with Crippen LogP contribution >= 0.6 is 0 Å². The molecule has 0 unspecified atom stereocenters. The molecule has 1 N–H and O–H groups in total. The molecule has 1 aliphatic heterocycles. The highest BCUT2D eigenvalue weighted by Crippen LogP contribution is 2.20. The first-order chi connectivity index (χ1) is 8.74. The molecule has 1 saturated heterocycles. The lowest BCUT2D eigenvalue weighted by Gasteiger charge is -2.30. The summed E-state index contributed by atoms with van der Waals surface area (Å²) in [7, 11) is 0. The minimum Gasteiger partial charge on any atom is -0.369 e. The van der Waals surface area contributed by atoms with Gasteiger partial charge in [-0.1, -0.05) is 4.48 Å². The first kappa shape index (κ1) is 12.4. The molecule has 1 aromatic heterocycles. The Morgan fingerprint density at radius 3 is 2.50 bits per heavy atom. The maximum absolute atomic E-state index is 11.9. The van der Waals surface area contributed by atoms with Gasteiger partial charge in [-0.05, 0) is 12.8 Å². The Bertz CT molecular complexity index is 429. The van der Waals surface area contributed by atoms with E-state index in [1.807, 2.05) is 4.90 Å². The molecule has 7 heteroatoms. The third-order valence-corrected chi connectivity index (χ3v) is 3.02. The summed E-state index contributed by atoms with van der Waals surface area (Å²) < 4.78 is 11.9. The summed E-state index contributed by atoms with van der Waals surface area (Å²) in [5, 5.41) is 0. The standard InChI is InChI=1S/C11H13FN4O2/c12-15-11(18)10-13-5-9(6-14-10)16-3-1-8(7-17)2-4-16/h5-8H,1-4H2,(H,15,18). The fraction of sp³-hybridized carbons (Fsp3) is 0.455. The van der Waals surface area contributed by atoms with Gasteiger partial charge in [0, 0.05) is 19.0 Å². The van der Waals surface area contributed by atoms with Gasteiger partial charge < -0.3 is 9.69 Å². The number of aldehydes is 1. The largest absolute Gasteiger partial charge is 0.369 e. The maximum Gasteiger partial charge on any atom is 0.316 e. The second-order valence-corrected chi connectivity index (χ2v) is 4.15. The van der Waals surface area contributed by atoms with E-state index in [-0.39, 0.29) is 11.7 Å². The average molecular weight is 252 g/mol. The smallest absolute Gasteiger partial charge is 0.316 e. The lowest BCUT2D eigenvalue weighted by molar-refractivity contribution is -0.111. The molecule has 0 radical (unpaired) electrons. The van der Waals surface area contributed by atoms with Gasteiger partial charge >= 0.3 is 5.91 Å². The van der Waals surface area contributed by atoms with Crippen LogP contribution in [0.3, 0.4) is 0 Å². The summed E-state index contributed by atoms with van der Waals surface area (Å²) >= 11 is 0. The Kier molecular flexibility index (Phi) is 3.81. The second-order valence-electron chi connectivity index (χ2n) is 4.15. The highest BCUT2D eigenvalue weighted by molar-refractivity contribution is 5.89. The molecule has 2 rings (SSSR count). The Morgan fingerprint density at radius 2 is 2.00 bits per heavy atom. The number of carbonyl (C=O) groups is 2. The van der Waals surface area contributed by atoms with Gasteiger partial charge in [0.05, 0.1) is 18.1 Å². The average Bonchev–Trinajstić information content (AvgIpc) is 2.47. The van der Waals surface area contributed by atoms with Crippen LogP contribution < -0.4 is 10.4 Å². The Balaban J connectivity index is 2.02. The summed E-state index contributed by atoms with van der Waals surface area (Å²) in [4.78, 5) is 31.2. The van der Waals surface area contributed by atoms with Crippen LogP contribution in [-0.4, -0.2) is 35.3 Å². The normalized spacial score (nSPS) is 16.4. The van der Waals surface area contributed by atoms with Crippen molar-refractivity contribution in [3.8, 4) is 0 Å². The first-order valence-corrected chi connectivity index (χ1v) is 5.68. The molecule has 1 amide bonds. The molecule has 0 spiro atoms. The van der Waals surface area contributed by atoms with Crippen molar-refractivity contribution in [3.63, 3.8) is 0 Å². The molecule has 0 aromatic carbocycles. The molecule has 2 heterocycles. The summed E-state index contributed by atoms with van der Waals surface area (Å²) in [6.45, 7) is 1.50. The molecule has 18 heavy (non-hydrogen) atoms. The molecule has 0 saturated carbocycles. The van der Waals surface area contributed by atoms with Crippen molar-refractivity contribution in [3.05, 3.63) is 18.2 Å². The van der Waals surface area contributed by atoms with Crippen molar-refractivity contribution in [1.82, 2.24) is 15.5 Å². The molecule has 0 bridgehead atoms. The number of halogens is 1. The van der Waals surface area contributed by atoms with Crippen molar-refractivity contribution in [2.75, 3.05) is 18.0 Å². The number of amides is 1. The highest BCUT2D eigenvalue weighted by Gasteiger charge is 2.19. The highest BCUT2D eigenvalue weighted by atomic mass is 19.2. The Hall–Kier alpha value is -2.05. The van der Waals surface area contributed by atoms with Gasteiger partial charge in [-0.25, -0.2) is 9.97 Å². The number of carbonyl (C=O) groups excluding carboxylic acids is 2. The van der Waals surface area contributed by atoms with Gasteiger partial charge in [0.15, 0.2) is 0 Å². The molecule has 1 aromatic rings. The van der Waals surface area contributed by atoms with Crippen LogP contribution in [0.5, 0.6) is 0 Å². The van der Waals surface area contributed by atoms with Crippen molar-refractivity contribution in [1.29, 1.82) is 0 Å². The van der Waals surface area contributed by atoms with Crippen molar-refractivity contribution >= 4 is 17.9 Å². The number of anilines is 1. The van der Waals surface area contributed by atoms with Gasteiger partial charge in [0.1, 0.15) is 6.29 Å². The number of nitrogens with zero attached hydrogens (tertiary/aromatic N) is 3. The monoisotopic (exact) mass is 252 g/mol. The molecule has 6 nitrogen and oxygen atoms in total. The Morgan fingerprint density at radius 1 is 1.39 bits per heavy atom. The number of hydrogen-bond donors (Lipinski definition) is 1. The van der Waals surface area contributed by atoms with E-state index in [9.17, 15) is 14.1 Å². The third-order valence-electron chi connectivity index (χ3n) is 3.02. The van der Waals surface area contributed by atoms with E-state index in [1.54, 1.807) is 0 Å². The number of aromatic nitrogens is 2. The predicted molar refractivity (Wildman–Crippen MR) is 61.6 cm³/mol. The van der Waals surface area contributed by atoms with Gasteiger partial charge in [-0.3, -0.25) is 4.79 Å². The molecular weight excluding hydrogens is 239 g/mol. The molecule has 0 aliphatic carbocycles. The van der Waals surface area contributed by atoms with Crippen LogP contribution in [-0.2, 0) is 4.79 Å². The van der Waals surface area contributed by atoms with E-state index >= 15 is 0 Å². The van der Waals surface area contributed by atoms with Crippen LogP contribution in [0.1, 0.15) is 23.5 Å². The van der Waals surface area contributed by atoms with Crippen LogP contribution in [0.4, 0.5) is 10.2 Å². The second kappa shape index (κ2) is 5.52. The van der Waals surface area contributed by atoms with E-state index in [1.165, 1.54) is 12.4 Å². The SMILES string of the molecule is O=CC1CCN(c2cnc(C(=O)NF)nc2)CC1. The molecule has 1 aliphatic rings. The summed E-state index contributed by atoms with van der Waals surface area (Å²) in [6, 6.07) is 0. The van der Waals surface area contributed by atoms with Gasteiger partial charge in [-0.15, -0.1) is 0 Å². The molecule has 1 fully saturated rings.